The minimum absolute atomic E-state index is 0.144. The van der Waals surface area contributed by atoms with Crippen LogP contribution < -0.4 is 0 Å². The molecule has 0 spiro atoms. The largest absolute Gasteiger partial charge is 0.396 e. The molecule has 0 unspecified atom stereocenters. The minimum atomic E-state index is 0.144. The van der Waals surface area contributed by atoms with Gasteiger partial charge in [0.25, 0.3) is 0 Å². The summed E-state index contributed by atoms with van der Waals surface area (Å²) in [5, 5.41) is 17.7. The third kappa shape index (κ3) is 2.77. The standard InChI is InChI=1S/C11H11Cl2N3O/c12-9-4-1-5-10(11(9)13)16-7-8(14-15-16)3-2-6-17/h1,4-5,7,17H,2-3,6H2. The van der Waals surface area contributed by atoms with Crippen LogP contribution in [0.4, 0.5) is 0 Å². The molecular formula is C11H11Cl2N3O. The SMILES string of the molecule is OCCCc1cn(-c2cccc(Cl)c2Cl)nn1. The first kappa shape index (κ1) is 12.4. The van der Waals surface area contributed by atoms with E-state index in [2.05, 4.69) is 10.3 Å². The highest BCUT2D eigenvalue weighted by molar-refractivity contribution is 6.43. The van der Waals surface area contributed by atoms with Crippen LogP contribution in [-0.2, 0) is 6.42 Å². The van der Waals surface area contributed by atoms with Crippen LogP contribution in [0.15, 0.2) is 24.4 Å². The van der Waals surface area contributed by atoms with Crippen LogP contribution in [0.5, 0.6) is 0 Å². The van der Waals surface area contributed by atoms with Crippen molar-refractivity contribution in [3.63, 3.8) is 0 Å². The van der Waals surface area contributed by atoms with Gasteiger partial charge in [-0.3, -0.25) is 0 Å². The van der Waals surface area contributed by atoms with Gasteiger partial charge in [0.1, 0.15) is 0 Å². The van der Waals surface area contributed by atoms with Gasteiger partial charge >= 0.3 is 0 Å². The Morgan fingerprint density at radius 2 is 2.12 bits per heavy atom. The molecule has 2 aromatic rings. The molecule has 4 nitrogen and oxygen atoms in total. The summed E-state index contributed by atoms with van der Waals surface area (Å²) < 4.78 is 1.58. The lowest BCUT2D eigenvalue weighted by Crippen LogP contribution is -1.95. The second-order valence-corrected chi connectivity index (χ2v) is 4.34. The van der Waals surface area contributed by atoms with Gasteiger partial charge in [0.15, 0.2) is 0 Å². The van der Waals surface area contributed by atoms with Crippen molar-refractivity contribution in [2.24, 2.45) is 0 Å². The lowest BCUT2D eigenvalue weighted by molar-refractivity contribution is 0.288. The van der Waals surface area contributed by atoms with Crippen molar-refractivity contribution in [2.45, 2.75) is 12.8 Å². The summed E-state index contributed by atoms with van der Waals surface area (Å²) in [6, 6.07) is 5.34. The molecule has 0 atom stereocenters. The highest BCUT2D eigenvalue weighted by Crippen LogP contribution is 2.27. The van der Waals surface area contributed by atoms with E-state index < -0.39 is 0 Å². The molecule has 17 heavy (non-hydrogen) atoms. The van der Waals surface area contributed by atoms with E-state index in [4.69, 9.17) is 28.3 Å². The number of hydrogen-bond acceptors (Lipinski definition) is 3. The Balaban J connectivity index is 2.27. The number of aliphatic hydroxyl groups is 1. The number of aliphatic hydroxyl groups excluding tert-OH is 1. The molecule has 1 heterocycles. The molecule has 0 aliphatic carbocycles. The molecule has 0 fully saturated rings. The Labute approximate surface area is 109 Å². The zero-order valence-electron chi connectivity index (χ0n) is 8.98. The fourth-order valence-electron chi connectivity index (χ4n) is 1.46. The van der Waals surface area contributed by atoms with E-state index in [1.807, 2.05) is 6.07 Å². The Morgan fingerprint density at radius 1 is 1.29 bits per heavy atom. The number of benzene rings is 1. The fraction of sp³-hybridized carbons (Fsp3) is 0.273. The Bertz CT molecular complexity index is 513. The predicted molar refractivity (Wildman–Crippen MR) is 66.8 cm³/mol. The molecule has 1 aromatic heterocycles. The molecule has 1 N–H and O–H groups in total. The molecule has 0 saturated heterocycles. The first-order valence-corrected chi connectivity index (χ1v) is 5.94. The second-order valence-electron chi connectivity index (χ2n) is 3.55. The average Bonchev–Trinajstić information content (AvgIpc) is 2.78. The molecule has 0 bridgehead atoms. The van der Waals surface area contributed by atoms with Crippen LogP contribution in [-0.4, -0.2) is 26.7 Å². The van der Waals surface area contributed by atoms with E-state index in [0.29, 0.717) is 28.6 Å². The number of nitrogens with zero attached hydrogens (tertiary/aromatic N) is 3. The molecule has 0 radical (unpaired) electrons. The van der Waals surface area contributed by atoms with Gasteiger partial charge in [-0.05, 0) is 25.0 Å². The van der Waals surface area contributed by atoms with Gasteiger partial charge in [-0.1, -0.05) is 34.5 Å². The van der Waals surface area contributed by atoms with Crippen molar-refractivity contribution in [1.29, 1.82) is 0 Å². The highest BCUT2D eigenvalue weighted by Gasteiger charge is 2.08. The number of aryl methyl sites for hydroxylation is 1. The quantitative estimate of drug-likeness (QED) is 0.930. The van der Waals surface area contributed by atoms with Crippen molar-refractivity contribution < 1.29 is 5.11 Å². The van der Waals surface area contributed by atoms with Crippen molar-refractivity contribution in [2.75, 3.05) is 6.61 Å². The lowest BCUT2D eigenvalue weighted by atomic mass is 10.2. The summed E-state index contributed by atoms with van der Waals surface area (Å²) in [7, 11) is 0. The zero-order valence-corrected chi connectivity index (χ0v) is 10.5. The first-order chi connectivity index (χ1) is 8.22. The van der Waals surface area contributed by atoms with Gasteiger partial charge in [0.2, 0.25) is 0 Å². The summed E-state index contributed by atoms with van der Waals surface area (Å²) in [5.74, 6) is 0. The maximum absolute atomic E-state index is 8.74. The second kappa shape index (κ2) is 5.49. The zero-order chi connectivity index (χ0) is 12.3. The van der Waals surface area contributed by atoms with Crippen molar-refractivity contribution in [1.82, 2.24) is 15.0 Å². The number of rotatable bonds is 4. The highest BCUT2D eigenvalue weighted by atomic mass is 35.5. The Kier molecular flexibility index (Phi) is 3.99. The van der Waals surface area contributed by atoms with Gasteiger partial charge in [0.05, 0.1) is 27.6 Å². The van der Waals surface area contributed by atoms with Gasteiger partial charge in [-0.25, -0.2) is 4.68 Å². The van der Waals surface area contributed by atoms with Crippen molar-refractivity contribution >= 4 is 23.2 Å². The molecule has 6 heteroatoms. The van der Waals surface area contributed by atoms with E-state index in [0.717, 1.165) is 5.69 Å². The summed E-state index contributed by atoms with van der Waals surface area (Å²) in [6.45, 7) is 0.144. The maximum Gasteiger partial charge on any atom is 0.0865 e. The van der Waals surface area contributed by atoms with Crippen LogP contribution >= 0.6 is 23.2 Å². The van der Waals surface area contributed by atoms with E-state index in [1.54, 1.807) is 23.0 Å². The van der Waals surface area contributed by atoms with Gasteiger partial charge < -0.3 is 5.11 Å². The number of halogens is 2. The molecule has 0 amide bonds. The predicted octanol–water partition coefficient (Wildman–Crippen LogP) is 2.50. The summed E-state index contributed by atoms with van der Waals surface area (Å²) in [6.07, 6.45) is 3.14. The van der Waals surface area contributed by atoms with Gasteiger partial charge in [-0.15, -0.1) is 5.10 Å². The summed E-state index contributed by atoms with van der Waals surface area (Å²) in [5.41, 5.74) is 1.51. The molecule has 0 aliphatic rings. The monoisotopic (exact) mass is 271 g/mol. The third-order valence-electron chi connectivity index (χ3n) is 2.31. The number of hydrogen-bond donors (Lipinski definition) is 1. The van der Waals surface area contributed by atoms with Gasteiger partial charge in [0, 0.05) is 6.61 Å². The number of aromatic nitrogens is 3. The molecule has 0 aliphatic heterocycles. The molecule has 2 rings (SSSR count). The molecule has 0 saturated carbocycles. The van der Waals surface area contributed by atoms with Gasteiger partial charge in [-0.2, -0.15) is 0 Å². The Morgan fingerprint density at radius 3 is 2.88 bits per heavy atom. The van der Waals surface area contributed by atoms with Crippen molar-refractivity contribution in [3.05, 3.63) is 40.1 Å². The average molecular weight is 272 g/mol. The molecule has 90 valence electrons. The summed E-state index contributed by atoms with van der Waals surface area (Å²) >= 11 is 12.0. The van der Waals surface area contributed by atoms with E-state index in [-0.39, 0.29) is 6.61 Å². The van der Waals surface area contributed by atoms with Crippen LogP contribution in [0.1, 0.15) is 12.1 Å². The van der Waals surface area contributed by atoms with Crippen LogP contribution in [0.2, 0.25) is 10.0 Å². The van der Waals surface area contributed by atoms with E-state index >= 15 is 0 Å². The lowest BCUT2D eigenvalue weighted by Gasteiger charge is -2.03. The van der Waals surface area contributed by atoms with Crippen LogP contribution in [0.25, 0.3) is 5.69 Å². The van der Waals surface area contributed by atoms with E-state index in [9.17, 15) is 0 Å². The molecular weight excluding hydrogens is 261 g/mol. The molecule has 1 aromatic carbocycles. The first-order valence-electron chi connectivity index (χ1n) is 5.19. The fourth-order valence-corrected chi connectivity index (χ4v) is 1.84. The Hall–Kier alpha value is -1.10. The van der Waals surface area contributed by atoms with Crippen LogP contribution in [0, 0.1) is 0 Å². The normalized spacial score (nSPS) is 10.8. The summed E-state index contributed by atoms with van der Waals surface area (Å²) in [4.78, 5) is 0. The van der Waals surface area contributed by atoms with Crippen molar-refractivity contribution in [3.8, 4) is 5.69 Å². The smallest absolute Gasteiger partial charge is 0.0865 e. The topological polar surface area (TPSA) is 50.9 Å². The van der Waals surface area contributed by atoms with E-state index in [1.165, 1.54) is 0 Å². The minimum Gasteiger partial charge on any atom is -0.396 e. The van der Waals surface area contributed by atoms with Crippen LogP contribution in [0.3, 0.4) is 0 Å². The third-order valence-corrected chi connectivity index (χ3v) is 3.12. The maximum atomic E-state index is 8.74.